The third-order valence-corrected chi connectivity index (χ3v) is 3.68. The molecule has 1 amide bonds. The van der Waals surface area contributed by atoms with E-state index in [0.717, 1.165) is 19.5 Å². The topological polar surface area (TPSA) is 46.3 Å². The van der Waals surface area contributed by atoms with E-state index >= 15 is 0 Å². The summed E-state index contributed by atoms with van der Waals surface area (Å²) < 4.78 is 0. The summed E-state index contributed by atoms with van der Waals surface area (Å²) in [6.45, 7) is 12.3. The number of nitrogens with zero attached hydrogens (tertiary/aromatic N) is 1. The molecular formula is C13H27ClN2O. The van der Waals surface area contributed by atoms with E-state index in [1.807, 2.05) is 25.7 Å². The van der Waals surface area contributed by atoms with Crippen LogP contribution >= 0.6 is 12.4 Å². The molecule has 17 heavy (non-hydrogen) atoms. The second-order valence-electron chi connectivity index (χ2n) is 6.42. The SMILES string of the molecule is CC(C)C1CCN(C(=O)[C@@H](N)C(C)(C)C)C1.Cl. The summed E-state index contributed by atoms with van der Waals surface area (Å²) in [6.07, 6.45) is 1.13. The first kappa shape index (κ1) is 16.7. The van der Waals surface area contributed by atoms with E-state index in [4.69, 9.17) is 5.73 Å². The Balaban J connectivity index is 0.00000256. The van der Waals surface area contributed by atoms with Crippen molar-refractivity contribution in [2.45, 2.75) is 47.1 Å². The van der Waals surface area contributed by atoms with E-state index < -0.39 is 0 Å². The number of rotatable bonds is 2. The lowest BCUT2D eigenvalue weighted by molar-refractivity contribution is -0.134. The number of nitrogens with two attached hydrogens (primary N) is 1. The van der Waals surface area contributed by atoms with Crippen LogP contribution in [-0.4, -0.2) is 29.9 Å². The zero-order valence-corrected chi connectivity index (χ0v) is 12.5. The fraction of sp³-hybridized carbons (Fsp3) is 0.923. The van der Waals surface area contributed by atoms with Gasteiger partial charge < -0.3 is 10.6 Å². The molecule has 0 aromatic carbocycles. The quantitative estimate of drug-likeness (QED) is 0.830. The van der Waals surface area contributed by atoms with Gasteiger partial charge in [-0.05, 0) is 23.7 Å². The van der Waals surface area contributed by atoms with Gasteiger partial charge in [0.15, 0.2) is 0 Å². The zero-order valence-electron chi connectivity index (χ0n) is 11.7. The molecule has 102 valence electrons. The number of likely N-dealkylation sites (tertiary alicyclic amines) is 1. The van der Waals surface area contributed by atoms with Crippen molar-refractivity contribution in [3.8, 4) is 0 Å². The molecule has 3 nitrogen and oxygen atoms in total. The Morgan fingerprint density at radius 3 is 2.24 bits per heavy atom. The lowest BCUT2D eigenvalue weighted by Gasteiger charge is -2.30. The summed E-state index contributed by atoms with van der Waals surface area (Å²) >= 11 is 0. The van der Waals surface area contributed by atoms with E-state index in [1.54, 1.807) is 0 Å². The number of carbonyl (C=O) groups is 1. The lowest BCUT2D eigenvalue weighted by Crippen LogP contribution is -2.49. The number of hydrogen-bond donors (Lipinski definition) is 1. The Bertz CT molecular complexity index is 261. The molecule has 0 aromatic rings. The van der Waals surface area contributed by atoms with Crippen LogP contribution in [0.4, 0.5) is 0 Å². The molecule has 1 aliphatic rings. The number of hydrogen-bond acceptors (Lipinski definition) is 2. The minimum atomic E-state index is -0.376. The number of amides is 1. The largest absolute Gasteiger partial charge is 0.341 e. The minimum absolute atomic E-state index is 0. The Labute approximate surface area is 112 Å². The first-order valence-corrected chi connectivity index (χ1v) is 6.28. The van der Waals surface area contributed by atoms with E-state index in [2.05, 4.69) is 13.8 Å². The highest BCUT2D eigenvalue weighted by Gasteiger charge is 2.35. The van der Waals surface area contributed by atoms with E-state index in [0.29, 0.717) is 11.8 Å². The van der Waals surface area contributed by atoms with Crippen LogP contribution < -0.4 is 5.73 Å². The Hall–Kier alpha value is -0.280. The van der Waals surface area contributed by atoms with Crippen molar-refractivity contribution in [1.82, 2.24) is 4.90 Å². The average Bonchev–Trinajstić information content (AvgIpc) is 2.62. The van der Waals surface area contributed by atoms with Gasteiger partial charge in [0.2, 0.25) is 5.91 Å². The van der Waals surface area contributed by atoms with Crippen molar-refractivity contribution >= 4 is 18.3 Å². The van der Waals surface area contributed by atoms with Crippen LogP contribution in [0, 0.1) is 17.3 Å². The van der Waals surface area contributed by atoms with Crippen molar-refractivity contribution in [2.75, 3.05) is 13.1 Å². The Morgan fingerprint density at radius 2 is 1.88 bits per heavy atom. The highest BCUT2D eigenvalue weighted by atomic mass is 35.5. The second-order valence-corrected chi connectivity index (χ2v) is 6.42. The fourth-order valence-corrected chi connectivity index (χ4v) is 2.10. The molecule has 2 N–H and O–H groups in total. The summed E-state index contributed by atoms with van der Waals surface area (Å²) in [7, 11) is 0. The van der Waals surface area contributed by atoms with E-state index in [-0.39, 0.29) is 29.8 Å². The lowest BCUT2D eigenvalue weighted by atomic mass is 9.86. The van der Waals surface area contributed by atoms with Crippen LogP contribution in [0.2, 0.25) is 0 Å². The summed E-state index contributed by atoms with van der Waals surface area (Å²) in [5, 5.41) is 0. The third kappa shape index (κ3) is 4.14. The molecule has 0 bridgehead atoms. The Kier molecular flexibility index (Phi) is 5.95. The molecule has 1 heterocycles. The number of halogens is 1. The maximum absolute atomic E-state index is 12.2. The van der Waals surface area contributed by atoms with Gasteiger partial charge in [-0.3, -0.25) is 4.79 Å². The van der Waals surface area contributed by atoms with Crippen LogP contribution in [0.5, 0.6) is 0 Å². The molecule has 1 saturated heterocycles. The maximum Gasteiger partial charge on any atom is 0.240 e. The van der Waals surface area contributed by atoms with Gasteiger partial charge in [-0.1, -0.05) is 34.6 Å². The molecule has 0 saturated carbocycles. The molecule has 0 spiro atoms. The minimum Gasteiger partial charge on any atom is -0.341 e. The van der Waals surface area contributed by atoms with Crippen LogP contribution in [0.15, 0.2) is 0 Å². The Morgan fingerprint density at radius 1 is 1.35 bits per heavy atom. The standard InChI is InChI=1S/C13H26N2O.ClH/c1-9(2)10-6-7-15(8-10)12(16)11(14)13(3,4)5;/h9-11H,6-8,14H2,1-5H3;1H/t10?,11-;/m1./s1. The molecule has 1 aliphatic heterocycles. The van der Waals surface area contributed by atoms with Crippen LogP contribution in [0.3, 0.4) is 0 Å². The first-order chi connectivity index (χ1) is 7.23. The van der Waals surface area contributed by atoms with Gasteiger partial charge in [0.25, 0.3) is 0 Å². The van der Waals surface area contributed by atoms with Crippen molar-refractivity contribution < 1.29 is 4.79 Å². The molecular weight excluding hydrogens is 236 g/mol. The number of carbonyl (C=O) groups excluding carboxylic acids is 1. The predicted molar refractivity (Wildman–Crippen MR) is 74.2 cm³/mol. The van der Waals surface area contributed by atoms with E-state index in [1.165, 1.54) is 0 Å². The summed E-state index contributed by atoms with van der Waals surface area (Å²) in [5.74, 6) is 1.43. The van der Waals surface area contributed by atoms with Crippen LogP contribution in [0.25, 0.3) is 0 Å². The van der Waals surface area contributed by atoms with Crippen molar-refractivity contribution in [3.05, 3.63) is 0 Å². The van der Waals surface area contributed by atoms with Gasteiger partial charge in [-0.2, -0.15) is 0 Å². The monoisotopic (exact) mass is 262 g/mol. The van der Waals surface area contributed by atoms with Crippen molar-refractivity contribution in [1.29, 1.82) is 0 Å². The molecule has 1 fully saturated rings. The molecule has 1 rings (SSSR count). The maximum atomic E-state index is 12.2. The smallest absolute Gasteiger partial charge is 0.240 e. The summed E-state index contributed by atoms with van der Waals surface area (Å²) in [6, 6.07) is -0.376. The van der Waals surface area contributed by atoms with Crippen LogP contribution in [-0.2, 0) is 4.79 Å². The molecule has 0 aromatic heterocycles. The van der Waals surface area contributed by atoms with Gasteiger partial charge in [0, 0.05) is 13.1 Å². The highest BCUT2D eigenvalue weighted by Crippen LogP contribution is 2.26. The van der Waals surface area contributed by atoms with Crippen molar-refractivity contribution in [3.63, 3.8) is 0 Å². The highest BCUT2D eigenvalue weighted by molar-refractivity contribution is 5.85. The van der Waals surface area contributed by atoms with Gasteiger partial charge in [0.1, 0.15) is 0 Å². The van der Waals surface area contributed by atoms with Gasteiger partial charge >= 0.3 is 0 Å². The molecule has 0 radical (unpaired) electrons. The summed E-state index contributed by atoms with van der Waals surface area (Å²) in [4.78, 5) is 14.1. The second kappa shape index (κ2) is 6.05. The van der Waals surface area contributed by atoms with Gasteiger partial charge in [-0.15, -0.1) is 12.4 Å². The molecule has 4 heteroatoms. The van der Waals surface area contributed by atoms with Gasteiger partial charge in [-0.25, -0.2) is 0 Å². The average molecular weight is 263 g/mol. The molecule has 0 aliphatic carbocycles. The normalized spacial score (nSPS) is 22.5. The fourth-order valence-electron chi connectivity index (χ4n) is 2.10. The summed E-state index contributed by atoms with van der Waals surface area (Å²) in [5.41, 5.74) is 5.86. The third-order valence-electron chi connectivity index (χ3n) is 3.68. The van der Waals surface area contributed by atoms with Crippen LogP contribution in [0.1, 0.15) is 41.0 Å². The predicted octanol–water partition coefficient (Wildman–Crippen LogP) is 2.29. The molecule has 2 atom stereocenters. The zero-order chi connectivity index (χ0) is 12.5. The van der Waals surface area contributed by atoms with Crippen molar-refractivity contribution in [2.24, 2.45) is 23.0 Å². The van der Waals surface area contributed by atoms with E-state index in [9.17, 15) is 4.79 Å². The first-order valence-electron chi connectivity index (χ1n) is 6.28. The van der Waals surface area contributed by atoms with Gasteiger partial charge in [0.05, 0.1) is 6.04 Å². The molecule has 1 unspecified atom stereocenters.